The molecule has 0 saturated heterocycles. The predicted molar refractivity (Wildman–Crippen MR) is 71.9 cm³/mol. The van der Waals surface area contributed by atoms with E-state index in [0.29, 0.717) is 0 Å². The maximum atomic E-state index is 5.88. The van der Waals surface area contributed by atoms with E-state index in [4.69, 9.17) is 16.3 Å². The summed E-state index contributed by atoms with van der Waals surface area (Å²) in [6.45, 7) is 5.71. The quantitative estimate of drug-likeness (QED) is 0.897. The molecule has 0 aliphatic heterocycles. The van der Waals surface area contributed by atoms with E-state index in [-0.39, 0.29) is 5.60 Å². The van der Waals surface area contributed by atoms with Crippen LogP contribution >= 0.6 is 27.5 Å². The second-order valence-corrected chi connectivity index (χ2v) is 5.59. The van der Waals surface area contributed by atoms with Crippen LogP contribution in [0.15, 0.2) is 22.7 Å². The van der Waals surface area contributed by atoms with Crippen molar-refractivity contribution < 1.29 is 4.74 Å². The van der Waals surface area contributed by atoms with Crippen molar-refractivity contribution in [3.63, 3.8) is 0 Å². The third-order valence-corrected chi connectivity index (χ3v) is 3.41. The molecule has 0 unspecified atom stereocenters. The van der Waals surface area contributed by atoms with Crippen LogP contribution in [0.5, 0.6) is 0 Å². The third-order valence-electron chi connectivity index (χ3n) is 2.43. The smallest absolute Gasteiger partial charge is 0.0746 e. The largest absolute Gasteiger partial charge is 0.377 e. The van der Waals surface area contributed by atoms with Crippen LogP contribution in [0.1, 0.15) is 19.4 Å². The van der Waals surface area contributed by atoms with Gasteiger partial charge in [-0.3, -0.25) is 0 Å². The van der Waals surface area contributed by atoms with Crippen LogP contribution in [0.2, 0.25) is 5.02 Å². The average molecular weight is 307 g/mol. The topological polar surface area (TPSA) is 21.3 Å². The number of hydrogen-bond donors (Lipinski definition) is 1. The van der Waals surface area contributed by atoms with Crippen molar-refractivity contribution in [3.8, 4) is 0 Å². The first-order valence-corrected chi connectivity index (χ1v) is 6.31. The van der Waals surface area contributed by atoms with Gasteiger partial charge in [-0.15, -0.1) is 0 Å². The zero-order chi connectivity index (χ0) is 12.2. The first-order valence-electron chi connectivity index (χ1n) is 5.14. The molecule has 0 aliphatic carbocycles. The van der Waals surface area contributed by atoms with Gasteiger partial charge in [0.15, 0.2) is 0 Å². The van der Waals surface area contributed by atoms with Crippen LogP contribution < -0.4 is 5.32 Å². The summed E-state index contributed by atoms with van der Waals surface area (Å²) >= 11 is 9.36. The van der Waals surface area contributed by atoms with Gasteiger partial charge in [-0.25, -0.2) is 0 Å². The van der Waals surface area contributed by atoms with E-state index < -0.39 is 0 Å². The fraction of sp³-hybridized carbons (Fsp3) is 0.500. The van der Waals surface area contributed by atoms with Crippen LogP contribution in [-0.2, 0) is 11.3 Å². The Labute approximate surface area is 110 Å². The van der Waals surface area contributed by atoms with E-state index in [1.165, 1.54) is 5.56 Å². The molecule has 4 heteroatoms. The molecule has 90 valence electrons. The highest BCUT2D eigenvalue weighted by molar-refractivity contribution is 9.10. The van der Waals surface area contributed by atoms with Gasteiger partial charge in [0, 0.05) is 29.7 Å². The summed E-state index contributed by atoms with van der Waals surface area (Å²) in [4.78, 5) is 0. The van der Waals surface area contributed by atoms with Gasteiger partial charge in [0.05, 0.1) is 5.60 Å². The summed E-state index contributed by atoms with van der Waals surface area (Å²) < 4.78 is 6.36. The van der Waals surface area contributed by atoms with Crippen molar-refractivity contribution in [1.29, 1.82) is 0 Å². The second-order valence-electron chi connectivity index (χ2n) is 4.30. The highest BCUT2D eigenvalue weighted by Crippen LogP contribution is 2.21. The fourth-order valence-electron chi connectivity index (χ4n) is 1.24. The summed E-state index contributed by atoms with van der Waals surface area (Å²) in [5.41, 5.74) is 1.05. The molecule has 0 atom stereocenters. The maximum Gasteiger partial charge on any atom is 0.0746 e. The van der Waals surface area contributed by atoms with Gasteiger partial charge in [-0.05, 0) is 31.5 Å². The van der Waals surface area contributed by atoms with Crippen molar-refractivity contribution in [1.82, 2.24) is 5.32 Å². The lowest BCUT2D eigenvalue weighted by Crippen LogP contribution is -2.36. The molecule has 0 aromatic heterocycles. The Bertz CT molecular complexity index is 355. The second kappa shape index (κ2) is 6.01. The molecule has 1 aromatic carbocycles. The fourth-order valence-corrected chi connectivity index (χ4v) is 2.06. The number of ether oxygens (including phenoxy) is 1. The summed E-state index contributed by atoms with van der Waals surface area (Å²) in [7, 11) is 1.72. The normalized spacial score (nSPS) is 11.8. The zero-order valence-corrected chi connectivity index (χ0v) is 12.2. The minimum absolute atomic E-state index is 0.140. The van der Waals surface area contributed by atoms with Gasteiger partial charge in [0.25, 0.3) is 0 Å². The zero-order valence-electron chi connectivity index (χ0n) is 9.81. The molecular formula is C12H17BrClNO. The van der Waals surface area contributed by atoms with Crippen molar-refractivity contribution in [2.75, 3.05) is 13.7 Å². The Balaban J connectivity index is 2.49. The van der Waals surface area contributed by atoms with E-state index in [1.54, 1.807) is 7.11 Å². The van der Waals surface area contributed by atoms with E-state index in [1.807, 2.05) is 18.2 Å². The molecule has 0 amide bonds. The van der Waals surface area contributed by atoms with Crippen LogP contribution in [0.25, 0.3) is 0 Å². The maximum absolute atomic E-state index is 5.88. The highest BCUT2D eigenvalue weighted by Gasteiger charge is 2.15. The van der Waals surface area contributed by atoms with E-state index in [0.717, 1.165) is 22.6 Å². The lowest BCUT2D eigenvalue weighted by Gasteiger charge is -2.23. The monoisotopic (exact) mass is 305 g/mol. The Kier molecular flexibility index (Phi) is 5.25. The molecule has 0 fully saturated rings. The van der Waals surface area contributed by atoms with Crippen molar-refractivity contribution in [2.24, 2.45) is 0 Å². The molecule has 1 aromatic rings. The van der Waals surface area contributed by atoms with Gasteiger partial charge in [-0.2, -0.15) is 0 Å². The average Bonchev–Trinajstić information content (AvgIpc) is 2.21. The summed E-state index contributed by atoms with van der Waals surface area (Å²) in [6.07, 6.45) is 0. The number of methoxy groups -OCH3 is 1. The Morgan fingerprint density at radius 3 is 2.69 bits per heavy atom. The van der Waals surface area contributed by atoms with Crippen LogP contribution in [0, 0.1) is 0 Å². The molecule has 0 radical (unpaired) electrons. The molecule has 0 spiro atoms. The van der Waals surface area contributed by atoms with Crippen LogP contribution in [0.4, 0.5) is 0 Å². The van der Waals surface area contributed by atoms with E-state index in [9.17, 15) is 0 Å². The first kappa shape index (κ1) is 14.0. The molecule has 2 nitrogen and oxygen atoms in total. The molecule has 1 rings (SSSR count). The molecule has 1 N–H and O–H groups in total. The van der Waals surface area contributed by atoms with Gasteiger partial charge in [0.2, 0.25) is 0 Å². The van der Waals surface area contributed by atoms with Crippen LogP contribution in [-0.4, -0.2) is 19.3 Å². The standard InChI is InChI=1S/C12H17BrClNO/c1-12(2,16-3)8-15-7-9-4-5-10(14)6-11(9)13/h4-6,15H,7-8H2,1-3H3. The van der Waals surface area contributed by atoms with Crippen molar-refractivity contribution in [3.05, 3.63) is 33.3 Å². The van der Waals surface area contributed by atoms with Gasteiger partial charge < -0.3 is 10.1 Å². The Morgan fingerprint density at radius 1 is 1.44 bits per heavy atom. The highest BCUT2D eigenvalue weighted by atomic mass is 79.9. The van der Waals surface area contributed by atoms with Gasteiger partial charge in [0.1, 0.15) is 0 Å². The molecular weight excluding hydrogens is 289 g/mol. The number of hydrogen-bond acceptors (Lipinski definition) is 2. The summed E-state index contributed by atoms with van der Waals surface area (Å²) in [5, 5.41) is 4.10. The SMILES string of the molecule is COC(C)(C)CNCc1ccc(Cl)cc1Br. The lowest BCUT2D eigenvalue weighted by molar-refractivity contribution is 0.0230. The predicted octanol–water partition coefficient (Wildman–Crippen LogP) is 3.62. The molecule has 16 heavy (non-hydrogen) atoms. The van der Waals surface area contributed by atoms with Crippen LogP contribution in [0.3, 0.4) is 0 Å². The van der Waals surface area contributed by atoms with E-state index in [2.05, 4.69) is 35.1 Å². The molecule has 0 heterocycles. The number of benzene rings is 1. The lowest BCUT2D eigenvalue weighted by atomic mass is 10.1. The van der Waals surface area contributed by atoms with E-state index >= 15 is 0 Å². The van der Waals surface area contributed by atoms with Gasteiger partial charge >= 0.3 is 0 Å². The molecule has 0 aliphatic rings. The molecule has 0 bridgehead atoms. The summed E-state index contributed by atoms with van der Waals surface area (Å²) in [5.74, 6) is 0. The van der Waals surface area contributed by atoms with Gasteiger partial charge in [-0.1, -0.05) is 33.6 Å². The Hall–Kier alpha value is -0.0900. The van der Waals surface area contributed by atoms with Crippen molar-refractivity contribution >= 4 is 27.5 Å². The number of rotatable bonds is 5. The summed E-state index contributed by atoms with van der Waals surface area (Å²) in [6, 6.07) is 5.81. The first-order chi connectivity index (χ1) is 7.44. The van der Waals surface area contributed by atoms with Crippen molar-refractivity contribution in [2.45, 2.75) is 26.0 Å². The minimum atomic E-state index is -0.140. The Morgan fingerprint density at radius 2 is 2.12 bits per heavy atom. The third kappa shape index (κ3) is 4.42. The minimum Gasteiger partial charge on any atom is -0.377 e. The number of halogens is 2. The molecule has 0 saturated carbocycles. The number of nitrogens with one attached hydrogen (secondary N) is 1.